The first-order chi connectivity index (χ1) is 17.0. The number of aromatic amines is 1. The number of aliphatic hydroxyl groups is 1. The van der Waals surface area contributed by atoms with Crippen molar-refractivity contribution in [2.75, 3.05) is 18.4 Å². The maximum Gasteiger partial charge on any atom is 0.316 e. The third-order valence-electron chi connectivity index (χ3n) is 8.67. The third-order valence-corrected chi connectivity index (χ3v) is 8.67. The summed E-state index contributed by atoms with van der Waals surface area (Å²) in [7, 11) is 0. The molecule has 5 aliphatic rings. The topological polar surface area (TPSA) is 141 Å². The Hall–Kier alpha value is -2.98. The van der Waals surface area contributed by atoms with Crippen molar-refractivity contribution in [2.24, 2.45) is 17.8 Å². The first kappa shape index (κ1) is 21.3. The fraction of sp³-hybridized carbons (Fsp3) is 0.600. The third kappa shape index (κ3) is 3.70. The Kier molecular flexibility index (Phi) is 4.89. The van der Waals surface area contributed by atoms with Gasteiger partial charge >= 0.3 is 11.8 Å². The lowest BCUT2D eigenvalue weighted by Gasteiger charge is -2.58. The fourth-order valence-electron chi connectivity index (χ4n) is 7.36. The maximum absolute atomic E-state index is 12.7. The minimum atomic E-state index is -0.483. The zero-order valence-corrected chi connectivity index (χ0v) is 19.6. The molecule has 3 aromatic rings. The highest BCUT2D eigenvalue weighted by atomic mass is 16.5. The lowest BCUT2D eigenvalue weighted by molar-refractivity contribution is -0.129. The van der Waals surface area contributed by atoms with Crippen molar-refractivity contribution in [1.29, 1.82) is 0 Å². The molecule has 1 amide bonds. The highest BCUT2D eigenvalue weighted by molar-refractivity contribution is 5.97. The molecular weight excluding hydrogens is 446 g/mol. The molecular formula is C25H31N7O3. The highest BCUT2D eigenvalue weighted by Gasteiger charge is 2.54. The summed E-state index contributed by atoms with van der Waals surface area (Å²) in [5.74, 6) is 1.50. The van der Waals surface area contributed by atoms with Gasteiger partial charge in [-0.15, -0.1) is 0 Å². The van der Waals surface area contributed by atoms with Gasteiger partial charge in [0.15, 0.2) is 0 Å². The molecule has 4 saturated carbocycles. The van der Waals surface area contributed by atoms with Gasteiger partial charge in [0.05, 0.1) is 16.9 Å². The van der Waals surface area contributed by atoms with Gasteiger partial charge in [-0.2, -0.15) is 4.98 Å². The molecule has 10 heteroatoms. The molecule has 3 unspecified atom stereocenters. The van der Waals surface area contributed by atoms with Crippen LogP contribution in [0.25, 0.3) is 22.4 Å². The molecule has 1 aliphatic heterocycles. The number of carbonyl (C=O) groups is 1. The molecule has 1 saturated heterocycles. The molecule has 0 radical (unpaired) electrons. The van der Waals surface area contributed by atoms with Crippen molar-refractivity contribution in [2.45, 2.75) is 62.6 Å². The normalized spacial score (nSPS) is 32.3. The monoisotopic (exact) mass is 477 g/mol. The molecule has 0 aromatic carbocycles. The summed E-state index contributed by atoms with van der Waals surface area (Å²) in [5.41, 5.74) is 1.93. The summed E-state index contributed by atoms with van der Waals surface area (Å²) in [6.45, 7) is 1.78. The summed E-state index contributed by atoms with van der Waals surface area (Å²) >= 11 is 0. The number of H-pyrrole nitrogens is 1. The van der Waals surface area contributed by atoms with E-state index in [1.54, 1.807) is 6.20 Å². The minimum Gasteiger partial charge on any atom is -0.390 e. The smallest absolute Gasteiger partial charge is 0.316 e. The van der Waals surface area contributed by atoms with E-state index in [-0.39, 0.29) is 23.9 Å². The number of carbonyl (C=O) groups excluding carboxylic acids is 1. The zero-order chi connectivity index (χ0) is 23.6. The lowest BCUT2D eigenvalue weighted by atomic mass is 9.52. The van der Waals surface area contributed by atoms with Gasteiger partial charge in [0.25, 0.3) is 0 Å². The number of hydrogen-bond acceptors (Lipinski definition) is 8. The summed E-state index contributed by atoms with van der Waals surface area (Å²) in [6, 6.07) is 2.39. The van der Waals surface area contributed by atoms with E-state index >= 15 is 0 Å². The Morgan fingerprint density at radius 3 is 2.74 bits per heavy atom. The number of anilines is 1. The van der Waals surface area contributed by atoms with Crippen LogP contribution in [0.2, 0.25) is 0 Å². The number of hydrogen-bond donors (Lipinski definition) is 5. The van der Waals surface area contributed by atoms with E-state index < -0.39 is 5.60 Å². The second-order valence-corrected chi connectivity index (χ2v) is 11.1. The van der Waals surface area contributed by atoms with E-state index in [0.29, 0.717) is 29.1 Å². The van der Waals surface area contributed by atoms with Crippen LogP contribution >= 0.6 is 0 Å². The van der Waals surface area contributed by atoms with Crippen LogP contribution in [0.3, 0.4) is 0 Å². The van der Waals surface area contributed by atoms with Gasteiger partial charge in [0.2, 0.25) is 5.82 Å². The van der Waals surface area contributed by atoms with Crippen LogP contribution in [-0.4, -0.2) is 61.9 Å². The Morgan fingerprint density at radius 2 is 1.97 bits per heavy atom. The highest BCUT2D eigenvalue weighted by Crippen LogP contribution is 2.56. The van der Waals surface area contributed by atoms with Crippen molar-refractivity contribution in [1.82, 2.24) is 30.7 Å². The van der Waals surface area contributed by atoms with E-state index in [2.05, 4.69) is 36.1 Å². The van der Waals surface area contributed by atoms with E-state index in [9.17, 15) is 9.90 Å². The second kappa shape index (κ2) is 8.03. The van der Waals surface area contributed by atoms with Gasteiger partial charge in [0.1, 0.15) is 5.65 Å². The number of nitrogens with zero attached hydrogens (tertiary/aromatic N) is 3. The first-order valence-electron chi connectivity index (χ1n) is 12.9. The number of amides is 1. The van der Waals surface area contributed by atoms with Crippen LogP contribution in [0.4, 0.5) is 5.69 Å². The van der Waals surface area contributed by atoms with E-state index in [1.807, 2.05) is 12.3 Å². The molecule has 10 nitrogen and oxygen atoms in total. The quantitative estimate of drug-likeness (QED) is 0.377. The summed E-state index contributed by atoms with van der Waals surface area (Å²) < 4.78 is 5.38. The van der Waals surface area contributed by atoms with Crippen molar-refractivity contribution >= 4 is 22.6 Å². The lowest BCUT2D eigenvalue weighted by Crippen LogP contribution is -2.59. The van der Waals surface area contributed by atoms with Crippen molar-refractivity contribution in [3.63, 3.8) is 0 Å². The van der Waals surface area contributed by atoms with E-state index in [4.69, 9.17) is 4.52 Å². The van der Waals surface area contributed by atoms with Gasteiger partial charge in [-0.1, -0.05) is 5.16 Å². The molecule has 35 heavy (non-hydrogen) atoms. The number of rotatable bonds is 5. The fourth-order valence-corrected chi connectivity index (χ4v) is 7.36. The Morgan fingerprint density at radius 1 is 1.17 bits per heavy atom. The molecule has 3 aromatic heterocycles. The molecule has 5 N–H and O–H groups in total. The van der Waals surface area contributed by atoms with Crippen LogP contribution in [-0.2, 0) is 0 Å². The number of piperidine rings is 1. The minimum absolute atomic E-state index is 0.0320. The van der Waals surface area contributed by atoms with Crippen LogP contribution in [0.5, 0.6) is 0 Å². The van der Waals surface area contributed by atoms with Gasteiger partial charge in [0, 0.05) is 29.9 Å². The average molecular weight is 478 g/mol. The van der Waals surface area contributed by atoms with E-state index in [1.165, 1.54) is 0 Å². The largest absolute Gasteiger partial charge is 0.390 e. The van der Waals surface area contributed by atoms with Crippen molar-refractivity contribution < 1.29 is 14.4 Å². The average Bonchev–Trinajstić information content (AvgIpc) is 3.51. The standard InChI is InChI=1S/C25H31N7O3/c33-23(29-16-1-4-26-5-2-16)24-31-22(32-35-24)18-12-28-21-17(3-6-27-21)20(18)30-19-14-7-13-8-15(19)11-25(34,9-13)10-14/h3,6,12-16,19,26,34H,1-2,4-5,7-11H2,(H,29,33)(H2,27,28,30)/t13?,14-,15+,19?,25?. The number of pyridine rings is 1. The Labute approximate surface area is 202 Å². The Bertz CT molecular complexity index is 1250. The predicted octanol–water partition coefficient (Wildman–Crippen LogP) is 2.45. The molecule has 4 heterocycles. The van der Waals surface area contributed by atoms with Crippen LogP contribution < -0.4 is 16.0 Å². The first-order valence-corrected chi connectivity index (χ1v) is 12.9. The zero-order valence-electron chi connectivity index (χ0n) is 19.6. The molecule has 4 bridgehead atoms. The second-order valence-electron chi connectivity index (χ2n) is 11.1. The van der Waals surface area contributed by atoms with Crippen molar-refractivity contribution in [3.05, 3.63) is 24.4 Å². The molecule has 4 aliphatic carbocycles. The van der Waals surface area contributed by atoms with Gasteiger partial charge < -0.3 is 30.6 Å². The predicted molar refractivity (Wildman–Crippen MR) is 129 cm³/mol. The molecule has 0 spiro atoms. The van der Waals surface area contributed by atoms with Gasteiger partial charge in [-0.05, 0) is 81.9 Å². The summed E-state index contributed by atoms with van der Waals surface area (Å²) in [4.78, 5) is 24.9. The van der Waals surface area contributed by atoms with Crippen LogP contribution in [0.15, 0.2) is 23.0 Å². The molecule has 5 atom stereocenters. The maximum atomic E-state index is 12.7. The number of fused-ring (bicyclic) bond motifs is 1. The summed E-state index contributed by atoms with van der Waals surface area (Å²) in [5, 5.41) is 26.3. The molecule has 8 rings (SSSR count). The molecule has 5 fully saturated rings. The van der Waals surface area contributed by atoms with Gasteiger partial charge in [-0.3, -0.25) is 4.79 Å². The molecule has 184 valence electrons. The number of nitrogens with one attached hydrogen (secondary N) is 4. The van der Waals surface area contributed by atoms with Crippen LogP contribution in [0.1, 0.15) is 55.6 Å². The number of aromatic nitrogens is 4. The Balaban J connectivity index is 1.19. The van der Waals surface area contributed by atoms with E-state index in [0.717, 1.165) is 74.8 Å². The van der Waals surface area contributed by atoms with Gasteiger partial charge in [-0.25, -0.2) is 4.98 Å². The van der Waals surface area contributed by atoms with Crippen molar-refractivity contribution in [3.8, 4) is 11.4 Å². The summed E-state index contributed by atoms with van der Waals surface area (Å²) in [6.07, 6.45) is 10.4. The SMILES string of the molecule is O=C(NC1CCNCC1)c1nc(-c2cnc3[nH]ccc3c2NC2[C@@H]3CC4C[C@H]2CC(O)(C4)C3)no1. The van der Waals surface area contributed by atoms with Crippen LogP contribution in [0, 0.1) is 17.8 Å².